The molecule has 130 valence electrons. The fourth-order valence-electron chi connectivity index (χ4n) is 2.10. The summed E-state index contributed by atoms with van der Waals surface area (Å²) in [6, 6.07) is -0.325. The van der Waals surface area contributed by atoms with Gasteiger partial charge in [0.1, 0.15) is 15.6 Å². The van der Waals surface area contributed by atoms with E-state index in [1.54, 1.807) is 13.8 Å². The summed E-state index contributed by atoms with van der Waals surface area (Å²) in [7, 11) is 0. The first kappa shape index (κ1) is 18.5. The van der Waals surface area contributed by atoms with Crippen LogP contribution >= 0.6 is 23.1 Å². The molecule has 0 aliphatic heterocycles. The molecule has 0 saturated heterocycles. The zero-order chi connectivity index (χ0) is 17.9. The topological polar surface area (TPSA) is 105 Å². The number of hydrogen-bond acceptors (Lipinski definition) is 7. The number of carbonyl (C=O) groups excluding carboxylic acids is 1. The van der Waals surface area contributed by atoms with Crippen molar-refractivity contribution in [2.45, 2.75) is 39.5 Å². The summed E-state index contributed by atoms with van der Waals surface area (Å²) in [5.74, 6) is 0.606. The molecule has 2 N–H and O–H groups in total. The van der Waals surface area contributed by atoms with Gasteiger partial charge in [-0.1, -0.05) is 5.16 Å². The molecule has 7 nitrogen and oxygen atoms in total. The molecule has 9 heteroatoms. The predicted molar refractivity (Wildman–Crippen MR) is 92.5 cm³/mol. The van der Waals surface area contributed by atoms with Gasteiger partial charge in [0.15, 0.2) is 0 Å². The molecule has 0 fully saturated rings. The number of hydrogen-bond donors (Lipinski definition) is 2. The fourth-order valence-corrected chi connectivity index (χ4v) is 3.99. The molecule has 2 rings (SSSR count). The third kappa shape index (κ3) is 4.35. The van der Waals surface area contributed by atoms with Crippen LogP contribution in [0.5, 0.6) is 0 Å². The second-order valence-electron chi connectivity index (χ2n) is 5.36. The molecule has 0 saturated carbocycles. The summed E-state index contributed by atoms with van der Waals surface area (Å²) in [5, 5.41) is 16.4. The highest BCUT2D eigenvalue weighted by atomic mass is 32.2. The molecule has 0 radical (unpaired) electrons. The van der Waals surface area contributed by atoms with Gasteiger partial charge in [0.2, 0.25) is 5.91 Å². The van der Waals surface area contributed by atoms with Crippen molar-refractivity contribution in [3.05, 3.63) is 32.6 Å². The maximum absolute atomic E-state index is 12.0. The van der Waals surface area contributed by atoms with Crippen LogP contribution in [0.2, 0.25) is 0 Å². The van der Waals surface area contributed by atoms with Gasteiger partial charge >= 0.3 is 5.97 Å². The summed E-state index contributed by atoms with van der Waals surface area (Å²) in [4.78, 5) is 27.5. The Morgan fingerprint density at radius 1 is 1.33 bits per heavy atom. The molecule has 2 aromatic heterocycles. The Morgan fingerprint density at radius 3 is 2.58 bits per heavy atom. The highest BCUT2D eigenvalue weighted by molar-refractivity contribution is 7.99. The molecule has 0 aromatic carbocycles. The van der Waals surface area contributed by atoms with Gasteiger partial charge in [0.05, 0.1) is 23.2 Å². The average Bonchev–Trinajstić information content (AvgIpc) is 3.04. The summed E-state index contributed by atoms with van der Waals surface area (Å²) in [6.45, 7) is 7.17. The number of amides is 1. The van der Waals surface area contributed by atoms with E-state index < -0.39 is 5.97 Å². The second kappa shape index (κ2) is 7.80. The van der Waals surface area contributed by atoms with Crippen LogP contribution < -0.4 is 5.32 Å². The molecule has 1 amide bonds. The molecule has 0 aliphatic carbocycles. The lowest BCUT2D eigenvalue weighted by molar-refractivity contribution is -0.119. The Bertz CT molecular complexity index is 734. The predicted octanol–water partition coefficient (Wildman–Crippen LogP) is 2.87. The zero-order valence-corrected chi connectivity index (χ0v) is 15.5. The molecule has 2 aromatic rings. The third-order valence-electron chi connectivity index (χ3n) is 3.42. The van der Waals surface area contributed by atoms with Gasteiger partial charge in [-0.05, 0) is 27.7 Å². The van der Waals surface area contributed by atoms with Crippen LogP contribution in [0.1, 0.15) is 50.4 Å². The largest absolute Gasteiger partial charge is 0.477 e. The molecule has 1 atom stereocenters. The van der Waals surface area contributed by atoms with Crippen molar-refractivity contribution < 1.29 is 19.2 Å². The van der Waals surface area contributed by atoms with Gasteiger partial charge in [-0.25, -0.2) is 9.78 Å². The van der Waals surface area contributed by atoms with Crippen molar-refractivity contribution in [2.75, 3.05) is 5.75 Å². The summed E-state index contributed by atoms with van der Waals surface area (Å²) < 4.78 is 5.09. The van der Waals surface area contributed by atoms with Crippen molar-refractivity contribution >= 4 is 35.0 Å². The van der Waals surface area contributed by atoms with Gasteiger partial charge in [-0.15, -0.1) is 23.1 Å². The minimum atomic E-state index is -0.996. The number of nitrogens with one attached hydrogen (secondary N) is 1. The third-order valence-corrected chi connectivity index (χ3v) is 5.70. The van der Waals surface area contributed by atoms with Crippen LogP contribution in [-0.4, -0.2) is 32.9 Å². The lowest BCUT2D eigenvalue weighted by atomic mass is 10.2. The number of aryl methyl sites for hydroxylation is 3. The first-order valence-corrected chi connectivity index (χ1v) is 9.26. The molecule has 1 unspecified atom stereocenters. The van der Waals surface area contributed by atoms with E-state index in [2.05, 4.69) is 15.5 Å². The van der Waals surface area contributed by atoms with Crippen LogP contribution in [0.25, 0.3) is 0 Å². The van der Waals surface area contributed by atoms with Gasteiger partial charge in [0.25, 0.3) is 0 Å². The van der Waals surface area contributed by atoms with Crippen LogP contribution in [0.15, 0.2) is 4.52 Å². The molecule has 0 aliphatic rings. The maximum Gasteiger partial charge on any atom is 0.347 e. The van der Waals surface area contributed by atoms with Crippen molar-refractivity contribution in [3.8, 4) is 0 Å². The Labute approximate surface area is 147 Å². The number of carboxylic acid groups (broad SMARTS) is 1. The van der Waals surface area contributed by atoms with Crippen LogP contribution in [0, 0.1) is 20.8 Å². The molecule has 0 bridgehead atoms. The van der Waals surface area contributed by atoms with E-state index >= 15 is 0 Å². The molecular weight excluding hydrogens is 350 g/mol. The van der Waals surface area contributed by atoms with E-state index in [1.165, 1.54) is 11.8 Å². The van der Waals surface area contributed by atoms with Crippen molar-refractivity contribution in [1.82, 2.24) is 15.5 Å². The van der Waals surface area contributed by atoms with E-state index in [9.17, 15) is 9.59 Å². The van der Waals surface area contributed by atoms with E-state index in [0.29, 0.717) is 22.2 Å². The molecule has 2 heterocycles. The molecule has 24 heavy (non-hydrogen) atoms. The van der Waals surface area contributed by atoms with Crippen molar-refractivity contribution in [2.24, 2.45) is 0 Å². The number of thioether (sulfide) groups is 1. The Balaban J connectivity index is 1.85. The highest BCUT2D eigenvalue weighted by Crippen LogP contribution is 2.24. The summed E-state index contributed by atoms with van der Waals surface area (Å²) in [5.41, 5.74) is 2.33. The van der Waals surface area contributed by atoms with Crippen LogP contribution in [0.4, 0.5) is 0 Å². The van der Waals surface area contributed by atoms with E-state index in [1.807, 2.05) is 13.8 Å². The number of aromatic carboxylic acids is 1. The lowest BCUT2D eigenvalue weighted by Gasteiger charge is -2.11. The minimum absolute atomic E-state index is 0.121. The first-order valence-electron chi connectivity index (χ1n) is 7.29. The smallest absolute Gasteiger partial charge is 0.347 e. The number of aromatic nitrogens is 2. The Hall–Kier alpha value is -1.87. The zero-order valence-electron chi connectivity index (χ0n) is 13.9. The Kier molecular flexibility index (Phi) is 6.00. The number of nitrogens with zero attached hydrogens (tertiary/aromatic N) is 2. The summed E-state index contributed by atoms with van der Waals surface area (Å²) in [6.07, 6.45) is 0. The van der Waals surface area contributed by atoms with Crippen molar-refractivity contribution in [1.29, 1.82) is 0 Å². The fraction of sp³-hybridized carbons (Fsp3) is 0.467. The van der Waals surface area contributed by atoms with E-state index in [0.717, 1.165) is 28.4 Å². The van der Waals surface area contributed by atoms with Crippen molar-refractivity contribution in [3.63, 3.8) is 0 Å². The quantitative estimate of drug-likeness (QED) is 0.773. The Morgan fingerprint density at radius 2 is 2.04 bits per heavy atom. The first-order chi connectivity index (χ1) is 11.3. The number of carbonyl (C=O) groups is 2. The monoisotopic (exact) mass is 369 g/mol. The molecule has 0 spiro atoms. The SMILES string of the molecule is Cc1nc(C(C)NC(=O)CSCc2c(C)noc2C)sc1C(=O)O. The lowest BCUT2D eigenvalue weighted by Crippen LogP contribution is -2.28. The van der Waals surface area contributed by atoms with Crippen LogP contribution in [0.3, 0.4) is 0 Å². The summed E-state index contributed by atoms with van der Waals surface area (Å²) >= 11 is 2.57. The van der Waals surface area contributed by atoms with E-state index in [-0.39, 0.29) is 16.8 Å². The second-order valence-corrected chi connectivity index (χ2v) is 7.37. The normalized spacial score (nSPS) is 12.2. The number of thiazole rings is 1. The number of rotatable bonds is 7. The number of carboxylic acids is 1. The standard InChI is InChI=1S/C15H19N3O4S2/c1-7-11(10(4)22-18-7)5-23-6-12(19)16-9(3)14-17-8(2)13(24-14)15(20)21/h9H,5-6H2,1-4H3,(H,16,19)(H,20,21). The molecular formula is C15H19N3O4S2. The minimum Gasteiger partial charge on any atom is -0.477 e. The highest BCUT2D eigenvalue weighted by Gasteiger charge is 2.19. The van der Waals surface area contributed by atoms with E-state index in [4.69, 9.17) is 9.63 Å². The average molecular weight is 369 g/mol. The van der Waals surface area contributed by atoms with Gasteiger partial charge < -0.3 is 14.9 Å². The van der Waals surface area contributed by atoms with Gasteiger partial charge in [-0.3, -0.25) is 4.79 Å². The van der Waals surface area contributed by atoms with Gasteiger partial charge in [-0.2, -0.15) is 0 Å². The van der Waals surface area contributed by atoms with Crippen LogP contribution in [-0.2, 0) is 10.5 Å². The van der Waals surface area contributed by atoms with Gasteiger partial charge in [0, 0.05) is 11.3 Å². The maximum atomic E-state index is 12.0.